The lowest BCUT2D eigenvalue weighted by molar-refractivity contribution is 0.0594. The number of aromatic nitrogens is 2. The third-order valence-corrected chi connectivity index (χ3v) is 1.22. The molecule has 0 radical (unpaired) electrons. The van der Waals surface area contributed by atoms with Crippen LogP contribution in [0.2, 0.25) is 0 Å². The number of aromatic amines is 1. The topological polar surface area (TPSA) is 64.2 Å². The maximum absolute atomic E-state index is 10.8. The lowest BCUT2D eigenvalue weighted by Gasteiger charge is -1.90. The number of H-pyrrole nitrogens is 1. The summed E-state index contributed by atoms with van der Waals surface area (Å²) in [6.07, 6.45) is 0. The molecule has 0 amide bonds. The van der Waals surface area contributed by atoms with E-state index in [0.717, 1.165) is 5.55 Å². The first kappa shape index (κ1) is 8.66. The summed E-state index contributed by atoms with van der Waals surface area (Å²) in [5.41, 5.74) is 1.28. The minimum Gasteiger partial charge on any atom is -0.464 e. The molecule has 0 atom stereocenters. The second-order valence-corrected chi connectivity index (χ2v) is 2.02. The van der Waals surface area contributed by atoms with Gasteiger partial charge in [-0.3, -0.25) is 5.10 Å². The molecule has 5 nitrogen and oxygen atoms in total. The number of thiocarbonyl (C=S) groups is 1. The van der Waals surface area contributed by atoms with E-state index in [-0.39, 0.29) is 11.6 Å². The number of esters is 1. The van der Waals surface area contributed by atoms with Crippen molar-refractivity contribution in [1.29, 1.82) is 0 Å². The van der Waals surface area contributed by atoms with Gasteiger partial charge in [0.2, 0.25) is 5.88 Å². The summed E-state index contributed by atoms with van der Waals surface area (Å²) in [6, 6.07) is 1.40. The molecule has 0 aromatic carbocycles. The van der Waals surface area contributed by atoms with Crippen LogP contribution in [0.3, 0.4) is 0 Å². The number of carbonyl (C=O) groups excluding carboxylic acids is 1. The van der Waals surface area contributed by atoms with Crippen LogP contribution in [0.1, 0.15) is 10.5 Å². The summed E-state index contributed by atoms with van der Waals surface area (Å²) >= 11 is 4.42. The first-order valence-electron chi connectivity index (χ1n) is 3.02. The van der Waals surface area contributed by atoms with E-state index in [9.17, 15) is 4.79 Å². The monoisotopic (exact) mass is 186 g/mol. The highest BCUT2D eigenvalue weighted by molar-refractivity contribution is 7.78. The number of methoxy groups -OCH3 is 1. The van der Waals surface area contributed by atoms with Crippen molar-refractivity contribution in [2.45, 2.75) is 0 Å². The van der Waals surface area contributed by atoms with E-state index in [2.05, 4.69) is 27.2 Å². The van der Waals surface area contributed by atoms with Crippen LogP contribution in [0.15, 0.2) is 6.07 Å². The van der Waals surface area contributed by atoms with Crippen LogP contribution in [-0.4, -0.2) is 28.8 Å². The molecule has 0 saturated carbocycles. The highest BCUT2D eigenvalue weighted by Gasteiger charge is 2.09. The lowest BCUT2D eigenvalue weighted by atomic mass is 10.4. The van der Waals surface area contributed by atoms with Crippen molar-refractivity contribution >= 4 is 23.7 Å². The fourth-order valence-corrected chi connectivity index (χ4v) is 0.726. The predicted octanol–water partition coefficient (Wildman–Crippen LogP) is 0.532. The average Bonchev–Trinajstić information content (AvgIpc) is 2.52. The fraction of sp³-hybridized carbons (Fsp3) is 0.167. The highest BCUT2D eigenvalue weighted by atomic mass is 32.1. The fourth-order valence-electron chi connectivity index (χ4n) is 0.628. The van der Waals surface area contributed by atoms with Gasteiger partial charge in [0.15, 0.2) is 5.55 Å². The van der Waals surface area contributed by atoms with Crippen LogP contribution in [0.5, 0.6) is 5.88 Å². The molecule has 64 valence electrons. The Morgan fingerprint density at radius 1 is 1.83 bits per heavy atom. The molecule has 0 fully saturated rings. The van der Waals surface area contributed by atoms with Gasteiger partial charge < -0.3 is 9.47 Å². The van der Waals surface area contributed by atoms with Crippen LogP contribution in [0.25, 0.3) is 0 Å². The molecular weight excluding hydrogens is 180 g/mol. The van der Waals surface area contributed by atoms with Crippen molar-refractivity contribution in [3.63, 3.8) is 0 Å². The van der Waals surface area contributed by atoms with E-state index in [0.29, 0.717) is 0 Å². The molecule has 0 aliphatic carbocycles. The number of nitrogens with one attached hydrogen (secondary N) is 1. The molecule has 1 heterocycles. The van der Waals surface area contributed by atoms with Gasteiger partial charge in [-0.1, -0.05) is 0 Å². The molecule has 0 unspecified atom stereocenters. The van der Waals surface area contributed by atoms with Crippen LogP contribution < -0.4 is 4.74 Å². The van der Waals surface area contributed by atoms with Crippen molar-refractivity contribution in [2.75, 3.05) is 7.11 Å². The summed E-state index contributed by atoms with van der Waals surface area (Å²) in [7, 11) is 1.28. The minimum atomic E-state index is -0.498. The molecule has 1 aromatic heterocycles. The van der Waals surface area contributed by atoms with Crippen molar-refractivity contribution < 1.29 is 14.3 Å². The zero-order chi connectivity index (χ0) is 8.97. The molecule has 6 heteroatoms. The smallest absolute Gasteiger partial charge is 0.356 e. The first-order valence-corrected chi connectivity index (χ1v) is 3.49. The van der Waals surface area contributed by atoms with Crippen molar-refractivity contribution in [3.05, 3.63) is 11.8 Å². The van der Waals surface area contributed by atoms with E-state index in [1.807, 2.05) is 0 Å². The van der Waals surface area contributed by atoms with Crippen LogP contribution in [0, 0.1) is 0 Å². The van der Waals surface area contributed by atoms with Gasteiger partial charge in [-0.05, 0) is 12.2 Å². The maximum atomic E-state index is 10.8. The van der Waals surface area contributed by atoms with Gasteiger partial charge in [-0.15, -0.1) is 5.10 Å². The van der Waals surface area contributed by atoms with Gasteiger partial charge >= 0.3 is 5.97 Å². The Bertz CT molecular complexity index is 297. The average molecular weight is 186 g/mol. The normalized spacial score (nSPS) is 9.08. The zero-order valence-corrected chi connectivity index (χ0v) is 7.05. The molecule has 0 aliphatic rings. The summed E-state index contributed by atoms with van der Waals surface area (Å²) in [4.78, 5) is 10.8. The van der Waals surface area contributed by atoms with Crippen LogP contribution in [0.4, 0.5) is 0 Å². The quantitative estimate of drug-likeness (QED) is 0.551. The van der Waals surface area contributed by atoms with Gasteiger partial charge in [0.05, 0.1) is 7.11 Å². The predicted molar refractivity (Wildman–Crippen MR) is 44.2 cm³/mol. The molecule has 0 saturated heterocycles. The number of carbonyl (C=O) groups is 1. The highest BCUT2D eigenvalue weighted by Crippen LogP contribution is 2.07. The van der Waals surface area contributed by atoms with Crippen LogP contribution >= 0.6 is 12.2 Å². The van der Waals surface area contributed by atoms with E-state index < -0.39 is 5.97 Å². The maximum Gasteiger partial charge on any atom is 0.356 e. The third kappa shape index (κ3) is 1.79. The molecule has 0 bridgehead atoms. The zero-order valence-electron chi connectivity index (χ0n) is 6.23. The van der Waals surface area contributed by atoms with Crippen molar-refractivity contribution in [2.24, 2.45) is 0 Å². The Hall–Kier alpha value is -1.43. The summed E-state index contributed by atoms with van der Waals surface area (Å²) in [5.74, 6) is -0.257. The van der Waals surface area contributed by atoms with Gasteiger partial charge in [0.25, 0.3) is 0 Å². The Labute approximate surface area is 73.7 Å². The second kappa shape index (κ2) is 3.82. The summed E-state index contributed by atoms with van der Waals surface area (Å²) in [5, 5.41) is 6.05. The minimum absolute atomic E-state index is 0.226. The number of ether oxygens (including phenoxy) is 2. The number of hydrogen-bond donors (Lipinski definition) is 1. The molecule has 0 spiro atoms. The number of nitrogens with zero attached hydrogens (tertiary/aromatic N) is 1. The third-order valence-electron chi connectivity index (χ3n) is 1.13. The summed E-state index contributed by atoms with van der Waals surface area (Å²) < 4.78 is 9.15. The van der Waals surface area contributed by atoms with Gasteiger partial charge in [0.1, 0.15) is 5.69 Å². The largest absolute Gasteiger partial charge is 0.464 e. The molecule has 1 rings (SSSR count). The van der Waals surface area contributed by atoms with E-state index >= 15 is 0 Å². The Morgan fingerprint density at radius 3 is 3.17 bits per heavy atom. The van der Waals surface area contributed by atoms with Gasteiger partial charge in [-0.25, -0.2) is 4.79 Å². The van der Waals surface area contributed by atoms with Crippen molar-refractivity contribution in [1.82, 2.24) is 10.2 Å². The van der Waals surface area contributed by atoms with Crippen LogP contribution in [-0.2, 0) is 4.74 Å². The standard InChI is InChI=1S/C6H6N2O3S/c1-10-6(9)4-2-5(8-7-4)11-3-12/h2-3H,1H3,(H,7,8). The van der Waals surface area contributed by atoms with E-state index in [4.69, 9.17) is 4.74 Å². The number of rotatable bonds is 3. The molecular formula is C6H6N2O3S. The lowest BCUT2D eigenvalue weighted by Crippen LogP contribution is -2.00. The molecule has 1 aromatic rings. The molecule has 1 N–H and O–H groups in total. The van der Waals surface area contributed by atoms with Gasteiger partial charge in [0, 0.05) is 6.07 Å². The Morgan fingerprint density at radius 2 is 2.58 bits per heavy atom. The van der Waals surface area contributed by atoms with E-state index in [1.165, 1.54) is 13.2 Å². The summed E-state index contributed by atoms with van der Waals surface area (Å²) in [6.45, 7) is 0. The van der Waals surface area contributed by atoms with E-state index in [1.54, 1.807) is 0 Å². The Balaban J connectivity index is 2.76. The second-order valence-electron chi connectivity index (χ2n) is 1.83. The number of hydrogen-bond acceptors (Lipinski definition) is 5. The Kier molecular flexibility index (Phi) is 2.76. The van der Waals surface area contributed by atoms with Gasteiger partial charge in [-0.2, -0.15) is 0 Å². The SMILES string of the molecule is COC(=O)c1cc(OC=S)n[nH]1. The molecule has 0 aliphatic heterocycles. The first-order chi connectivity index (χ1) is 5.77. The van der Waals surface area contributed by atoms with Crippen molar-refractivity contribution in [3.8, 4) is 5.88 Å². The molecule has 12 heavy (non-hydrogen) atoms.